The van der Waals surface area contributed by atoms with Gasteiger partial charge in [-0.3, -0.25) is 9.59 Å². The van der Waals surface area contributed by atoms with Crippen molar-refractivity contribution in [2.24, 2.45) is 11.3 Å². The van der Waals surface area contributed by atoms with Crippen LogP contribution in [0.3, 0.4) is 0 Å². The van der Waals surface area contributed by atoms with E-state index in [9.17, 15) is 9.59 Å². The molecule has 120 valence electrons. The van der Waals surface area contributed by atoms with Gasteiger partial charge in [-0.15, -0.1) is 0 Å². The highest BCUT2D eigenvalue weighted by atomic mass is 16.5. The topological polar surface area (TPSA) is 71.8 Å². The van der Waals surface area contributed by atoms with Crippen LogP contribution in [0.25, 0.3) is 0 Å². The molecular formula is C16H22N2O4. The van der Waals surface area contributed by atoms with E-state index in [2.05, 4.69) is 5.32 Å². The van der Waals surface area contributed by atoms with Crippen LogP contribution in [0, 0.1) is 18.3 Å². The first-order chi connectivity index (χ1) is 10.6. The van der Waals surface area contributed by atoms with E-state index in [-0.39, 0.29) is 23.1 Å². The summed E-state index contributed by atoms with van der Waals surface area (Å²) >= 11 is 0. The summed E-state index contributed by atoms with van der Waals surface area (Å²) in [5, 5.41) is 2.95. The molecule has 2 saturated heterocycles. The number of nitrogens with one attached hydrogen (secondary N) is 1. The fraction of sp³-hybridized carbons (Fsp3) is 0.625. The van der Waals surface area contributed by atoms with E-state index in [1.165, 1.54) is 0 Å². The molecule has 0 unspecified atom stereocenters. The Kier molecular flexibility index (Phi) is 3.95. The van der Waals surface area contributed by atoms with Crippen LogP contribution >= 0.6 is 0 Å². The molecule has 6 nitrogen and oxygen atoms in total. The molecule has 1 aromatic heterocycles. The van der Waals surface area contributed by atoms with Crippen LogP contribution < -0.4 is 5.32 Å². The number of rotatable bonds is 3. The third-order valence-corrected chi connectivity index (χ3v) is 5.00. The zero-order valence-electron chi connectivity index (χ0n) is 13.1. The second kappa shape index (κ2) is 5.76. The van der Waals surface area contributed by atoms with E-state index in [4.69, 9.17) is 9.15 Å². The molecule has 2 amide bonds. The average Bonchev–Trinajstić information content (AvgIpc) is 3.07. The lowest BCUT2D eigenvalue weighted by Gasteiger charge is -2.41. The van der Waals surface area contributed by atoms with E-state index < -0.39 is 0 Å². The summed E-state index contributed by atoms with van der Waals surface area (Å²) in [5.41, 5.74) is -0.0804. The van der Waals surface area contributed by atoms with Gasteiger partial charge in [0.25, 0.3) is 5.91 Å². The number of ether oxygens (including phenoxy) is 1. The number of hydrogen-bond acceptors (Lipinski definition) is 4. The summed E-state index contributed by atoms with van der Waals surface area (Å²) in [6, 6.07) is 3.52. The van der Waals surface area contributed by atoms with Gasteiger partial charge in [0.2, 0.25) is 5.91 Å². The maximum absolute atomic E-state index is 12.4. The van der Waals surface area contributed by atoms with Gasteiger partial charge in [0, 0.05) is 32.2 Å². The minimum atomic E-state index is -0.111. The SMILES string of the molecule is COC[C@@H]1C(=O)NCC12CCN(C(=O)c1ccc(C)o1)CC2. The zero-order chi connectivity index (χ0) is 15.7. The Bertz CT molecular complexity index is 572. The molecule has 0 saturated carbocycles. The van der Waals surface area contributed by atoms with Crippen LogP contribution in [0.2, 0.25) is 0 Å². The average molecular weight is 306 g/mol. The molecule has 1 spiro atoms. The largest absolute Gasteiger partial charge is 0.456 e. The molecule has 1 aromatic rings. The maximum Gasteiger partial charge on any atom is 0.289 e. The summed E-state index contributed by atoms with van der Waals surface area (Å²) in [6.45, 7) is 4.24. The molecule has 2 aliphatic rings. The number of carbonyl (C=O) groups excluding carboxylic acids is 2. The molecule has 0 aliphatic carbocycles. The van der Waals surface area contributed by atoms with Gasteiger partial charge in [-0.25, -0.2) is 0 Å². The number of amides is 2. The van der Waals surface area contributed by atoms with Gasteiger partial charge >= 0.3 is 0 Å². The van der Waals surface area contributed by atoms with Crippen molar-refractivity contribution in [1.29, 1.82) is 0 Å². The van der Waals surface area contributed by atoms with Gasteiger partial charge in [0.1, 0.15) is 5.76 Å². The summed E-state index contributed by atoms with van der Waals surface area (Å²) < 4.78 is 10.6. The molecular weight excluding hydrogens is 284 g/mol. The number of carbonyl (C=O) groups is 2. The number of piperidine rings is 1. The predicted molar refractivity (Wildman–Crippen MR) is 79.4 cm³/mol. The Morgan fingerprint density at radius 1 is 1.45 bits per heavy atom. The van der Waals surface area contributed by atoms with Crippen molar-refractivity contribution in [2.45, 2.75) is 19.8 Å². The summed E-state index contributed by atoms with van der Waals surface area (Å²) in [7, 11) is 1.62. The van der Waals surface area contributed by atoms with Gasteiger partial charge in [-0.05, 0) is 31.9 Å². The van der Waals surface area contributed by atoms with Crippen molar-refractivity contribution >= 4 is 11.8 Å². The number of nitrogens with zero attached hydrogens (tertiary/aromatic N) is 1. The van der Waals surface area contributed by atoms with Crippen LogP contribution in [-0.4, -0.2) is 50.1 Å². The predicted octanol–water partition coefficient (Wildman–Crippen LogP) is 1.20. The standard InChI is InChI=1S/C16H22N2O4/c1-11-3-4-13(22-11)15(20)18-7-5-16(6-8-18)10-17-14(19)12(16)9-21-2/h3-4,12H,5-10H2,1-2H3,(H,17,19)/t12-/m1/s1. The Labute approximate surface area is 129 Å². The number of furan rings is 1. The van der Waals surface area contributed by atoms with E-state index in [0.717, 1.165) is 18.6 Å². The fourth-order valence-corrected chi connectivity index (χ4v) is 3.59. The molecule has 1 atom stereocenters. The first-order valence-corrected chi connectivity index (χ1v) is 7.68. The second-order valence-electron chi connectivity index (χ2n) is 6.29. The molecule has 3 heterocycles. The number of methoxy groups -OCH3 is 1. The monoisotopic (exact) mass is 306 g/mol. The molecule has 1 N–H and O–H groups in total. The van der Waals surface area contributed by atoms with Gasteiger partial charge < -0.3 is 19.4 Å². The van der Waals surface area contributed by atoms with Crippen molar-refractivity contribution in [1.82, 2.24) is 10.2 Å². The van der Waals surface area contributed by atoms with Gasteiger partial charge in [-0.1, -0.05) is 0 Å². The van der Waals surface area contributed by atoms with Gasteiger partial charge in [0.05, 0.1) is 12.5 Å². The third-order valence-electron chi connectivity index (χ3n) is 5.00. The lowest BCUT2D eigenvalue weighted by atomic mass is 9.71. The number of aryl methyl sites for hydroxylation is 1. The van der Waals surface area contributed by atoms with Crippen LogP contribution in [-0.2, 0) is 9.53 Å². The zero-order valence-corrected chi connectivity index (χ0v) is 13.1. The Balaban J connectivity index is 1.67. The second-order valence-corrected chi connectivity index (χ2v) is 6.29. The van der Waals surface area contributed by atoms with Gasteiger partial charge in [-0.2, -0.15) is 0 Å². The van der Waals surface area contributed by atoms with E-state index >= 15 is 0 Å². The van der Waals surface area contributed by atoms with Gasteiger partial charge in [0.15, 0.2) is 5.76 Å². The lowest BCUT2D eigenvalue weighted by molar-refractivity contribution is -0.126. The molecule has 0 aromatic carbocycles. The fourth-order valence-electron chi connectivity index (χ4n) is 3.59. The van der Waals surface area contributed by atoms with Crippen molar-refractivity contribution in [3.05, 3.63) is 23.7 Å². The molecule has 3 rings (SSSR count). The number of likely N-dealkylation sites (tertiary alicyclic amines) is 1. The molecule has 22 heavy (non-hydrogen) atoms. The summed E-state index contributed by atoms with van der Waals surface area (Å²) in [6.07, 6.45) is 1.62. The van der Waals surface area contributed by atoms with Crippen LogP contribution in [0.15, 0.2) is 16.5 Å². The smallest absolute Gasteiger partial charge is 0.289 e. The van der Waals surface area contributed by atoms with E-state index in [1.54, 1.807) is 19.2 Å². The van der Waals surface area contributed by atoms with Crippen molar-refractivity contribution < 1.29 is 18.7 Å². The molecule has 6 heteroatoms. The Hall–Kier alpha value is -1.82. The van der Waals surface area contributed by atoms with Crippen molar-refractivity contribution in [3.8, 4) is 0 Å². The number of hydrogen-bond donors (Lipinski definition) is 1. The molecule has 2 fully saturated rings. The Morgan fingerprint density at radius 3 is 2.77 bits per heavy atom. The molecule has 0 bridgehead atoms. The molecule has 0 radical (unpaired) electrons. The van der Waals surface area contributed by atoms with Crippen LogP contribution in [0.1, 0.15) is 29.2 Å². The Morgan fingerprint density at radius 2 is 2.18 bits per heavy atom. The van der Waals surface area contributed by atoms with Crippen molar-refractivity contribution in [2.75, 3.05) is 33.4 Å². The minimum absolute atomic E-state index is 0.0662. The highest BCUT2D eigenvalue weighted by Gasteiger charge is 2.50. The highest BCUT2D eigenvalue weighted by Crippen LogP contribution is 2.42. The minimum Gasteiger partial charge on any atom is -0.456 e. The van der Waals surface area contributed by atoms with Crippen molar-refractivity contribution in [3.63, 3.8) is 0 Å². The van der Waals surface area contributed by atoms with E-state index in [1.807, 2.05) is 11.8 Å². The normalized spacial score (nSPS) is 23.8. The molecule has 2 aliphatic heterocycles. The van der Waals surface area contributed by atoms with E-state index in [0.29, 0.717) is 32.0 Å². The summed E-state index contributed by atoms with van der Waals surface area (Å²) in [5.74, 6) is 1.03. The maximum atomic E-state index is 12.4. The first kappa shape index (κ1) is 15.1. The lowest BCUT2D eigenvalue weighted by Crippen LogP contribution is -2.47. The highest BCUT2D eigenvalue weighted by molar-refractivity contribution is 5.91. The first-order valence-electron chi connectivity index (χ1n) is 7.68. The van der Waals surface area contributed by atoms with Crippen LogP contribution in [0.5, 0.6) is 0 Å². The van der Waals surface area contributed by atoms with Crippen LogP contribution in [0.4, 0.5) is 0 Å². The summed E-state index contributed by atoms with van der Waals surface area (Å²) in [4.78, 5) is 26.2. The third kappa shape index (κ3) is 2.52. The quantitative estimate of drug-likeness (QED) is 0.911.